The van der Waals surface area contributed by atoms with Gasteiger partial charge in [0.25, 0.3) is 0 Å². The summed E-state index contributed by atoms with van der Waals surface area (Å²) in [4.78, 5) is 22.0. The molecule has 0 aliphatic carbocycles. The third-order valence-electron chi connectivity index (χ3n) is 3.04. The van der Waals surface area contributed by atoms with E-state index in [0.29, 0.717) is 13.2 Å². The van der Waals surface area contributed by atoms with E-state index in [-0.39, 0.29) is 12.5 Å². The zero-order valence-electron chi connectivity index (χ0n) is 14.6. The first kappa shape index (κ1) is 19.8. The maximum Gasteiger partial charge on any atom is 0.407 e. The highest BCUT2D eigenvalue weighted by molar-refractivity contribution is 5.70. The first-order chi connectivity index (χ1) is 11.3. The fourth-order valence-electron chi connectivity index (χ4n) is 1.98. The van der Waals surface area contributed by atoms with Gasteiger partial charge in [0.05, 0.1) is 13.0 Å². The number of benzene rings is 1. The van der Waals surface area contributed by atoms with Crippen molar-refractivity contribution in [1.82, 2.24) is 5.32 Å². The third kappa shape index (κ3) is 9.71. The van der Waals surface area contributed by atoms with Gasteiger partial charge in [0.2, 0.25) is 0 Å². The molecule has 1 aromatic rings. The van der Waals surface area contributed by atoms with E-state index in [4.69, 9.17) is 14.6 Å². The quantitative estimate of drug-likeness (QED) is 0.675. The van der Waals surface area contributed by atoms with Gasteiger partial charge >= 0.3 is 12.1 Å². The summed E-state index contributed by atoms with van der Waals surface area (Å²) in [6.07, 6.45) is 2.31. The Morgan fingerprint density at radius 2 is 1.75 bits per heavy atom. The lowest BCUT2D eigenvalue weighted by Gasteiger charge is -2.19. The van der Waals surface area contributed by atoms with Gasteiger partial charge in [-0.3, -0.25) is 4.79 Å². The minimum atomic E-state index is -0.844. The van der Waals surface area contributed by atoms with E-state index in [1.54, 1.807) is 24.3 Å². The van der Waals surface area contributed by atoms with Gasteiger partial charge in [0.15, 0.2) is 0 Å². The number of carbonyl (C=O) groups is 2. The number of unbranched alkanes of at least 4 members (excludes halogenated alkanes) is 2. The molecule has 6 nitrogen and oxygen atoms in total. The summed E-state index contributed by atoms with van der Waals surface area (Å²) >= 11 is 0. The van der Waals surface area contributed by atoms with Crippen molar-refractivity contribution in [2.24, 2.45) is 0 Å². The number of alkyl carbamates (subject to hydrolysis) is 1. The summed E-state index contributed by atoms with van der Waals surface area (Å²) in [6, 6.07) is 7.08. The Morgan fingerprint density at radius 1 is 1.08 bits per heavy atom. The topological polar surface area (TPSA) is 84.9 Å². The zero-order chi connectivity index (χ0) is 18.0. The number of amides is 1. The molecule has 0 heterocycles. The van der Waals surface area contributed by atoms with E-state index >= 15 is 0 Å². The van der Waals surface area contributed by atoms with E-state index in [9.17, 15) is 9.59 Å². The molecule has 0 fully saturated rings. The van der Waals surface area contributed by atoms with Gasteiger partial charge in [-0.05, 0) is 57.7 Å². The Morgan fingerprint density at radius 3 is 2.33 bits per heavy atom. The van der Waals surface area contributed by atoms with Crippen molar-refractivity contribution in [3.05, 3.63) is 29.8 Å². The predicted octanol–water partition coefficient (Wildman–Crippen LogP) is 3.39. The van der Waals surface area contributed by atoms with Gasteiger partial charge in [-0.1, -0.05) is 12.1 Å². The number of carboxylic acids is 1. The Labute approximate surface area is 143 Å². The van der Waals surface area contributed by atoms with Gasteiger partial charge in [0, 0.05) is 6.54 Å². The van der Waals surface area contributed by atoms with Crippen LogP contribution in [0.5, 0.6) is 5.75 Å². The van der Waals surface area contributed by atoms with E-state index in [1.165, 1.54) is 0 Å². The van der Waals surface area contributed by atoms with Crippen molar-refractivity contribution in [3.63, 3.8) is 0 Å². The van der Waals surface area contributed by atoms with Crippen LogP contribution in [-0.4, -0.2) is 35.9 Å². The standard InChI is InChI=1S/C18H27NO5/c1-18(2,3)24-17(22)19-11-5-4-6-12-23-15-9-7-14(8-10-15)13-16(20)21/h7-10H,4-6,11-13H2,1-3H3,(H,19,22)(H,20,21). The summed E-state index contributed by atoms with van der Waals surface area (Å²) in [7, 11) is 0. The average Bonchev–Trinajstić information content (AvgIpc) is 2.45. The minimum Gasteiger partial charge on any atom is -0.494 e. The largest absolute Gasteiger partial charge is 0.494 e. The highest BCUT2D eigenvalue weighted by Gasteiger charge is 2.15. The number of nitrogens with one attached hydrogen (secondary N) is 1. The zero-order valence-corrected chi connectivity index (χ0v) is 14.6. The van der Waals surface area contributed by atoms with Crippen LogP contribution in [0.1, 0.15) is 45.6 Å². The van der Waals surface area contributed by atoms with Crippen molar-refractivity contribution in [2.45, 2.75) is 52.1 Å². The summed E-state index contributed by atoms with van der Waals surface area (Å²) in [5.41, 5.74) is 0.279. The van der Waals surface area contributed by atoms with Crippen molar-refractivity contribution >= 4 is 12.1 Å². The maximum atomic E-state index is 11.4. The second-order valence-corrected chi connectivity index (χ2v) is 6.55. The highest BCUT2D eigenvalue weighted by Crippen LogP contribution is 2.13. The van der Waals surface area contributed by atoms with Gasteiger partial charge in [-0.25, -0.2) is 4.79 Å². The SMILES string of the molecule is CC(C)(C)OC(=O)NCCCCCOc1ccc(CC(=O)O)cc1. The van der Waals surface area contributed by atoms with Crippen LogP contribution in [0.4, 0.5) is 4.79 Å². The first-order valence-corrected chi connectivity index (χ1v) is 8.16. The molecule has 0 aromatic heterocycles. The number of ether oxygens (including phenoxy) is 2. The molecule has 0 bridgehead atoms. The van der Waals surface area contributed by atoms with Crippen molar-refractivity contribution < 1.29 is 24.2 Å². The molecule has 6 heteroatoms. The van der Waals surface area contributed by atoms with Crippen LogP contribution in [0.2, 0.25) is 0 Å². The lowest BCUT2D eigenvalue weighted by Crippen LogP contribution is -2.33. The van der Waals surface area contributed by atoms with Gasteiger partial charge in [-0.15, -0.1) is 0 Å². The van der Waals surface area contributed by atoms with Gasteiger partial charge in [0.1, 0.15) is 11.4 Å². The number of aliphatic carboxylic acids is 1. The Balaban J connectivity index is 2.08. The molecule has 134 valence electrons. The second kappa shape index (κ2) is 9.80. The van der Waals surface area contributed by atoms with Crippen molar-refractivity contribution in [1.29, 1.82) is 0 Å². The van der Waals surface area contributed by atoms with Crippen LogP contribution in [0, 0.1) is 0 Å². The van der Waals surface area contributed by atoms with Crippen LogP contribution >= 0.6 is 0 Å². The van der Waals surface area contributed by atoms with Crippen LogP contribution in [0.15, 0.2) is 24.3 Å². The molecule has 0 radical (unpaired) electrons. The summed E-state index contributed by atoms with van der Waals surface area (Å²) in [5.74, 6) is -0.111. The lowest BCUT2D eigenvalue weighted by atomic mass is 10.1. The van der Waals surface area contributed by atoms with E-state index in [0.717, 1.165) is 30.6 Å². The fraction of sp³-hybridized carbons (Fsp3) is 0.556. The second-order valence-electron chi connectivity index (χ2n) is 6.55. The fourth-order valence-corrected chi connectivity index (χ4v) is 1.98. The molecule has 24 heavy (non-hydrogen) atoms. The van der Waals surface area contributed by atoms with Crippen LogP contribution in [0.25, 0.3) is 0 Å². The van der Waals surface area contributed by atoms with E-state index < -0.39 is 11.6 Å². The van der Waals surface area contributed by atoms with E-state index in [2.05, 4.69) is 5.32 Å². The molecule has 0 spiro atoms. The maximum absolute atomic E-state index is 11.4. The molecule has 1 rings (SSSR count). The van der Waals surface area contributed by atoms with E-state index in [1.807, 2.05) is 20.8 Å². The summed E-state index contributed by atoms with van der Waals surface area (Å²) < 4.78 is 10.7. The number of carboxylic acid groups (broad SMARTS) is 1. The average molecular weight is 337 g/mol. The Hall–Kier alpha value is -2.24. The smallest absolute Gasteiger partial charge is 0.407 e. The molecular formula is C18H27NO5. The molecule has 2 N–H and O–H groups in total. The normalized spacial score (nSPS) is 11.0. The van der Waals surface area contributed by atoms with Crippen LogP contribution < -0.4 is 10.1 Å². The predicted molar refractivity (Wildman–Crippen MR) is 91.4 cm³/mol. The Kier molecular flexibility index (Phi) is 8.09. The minimum absolute atomic E-state index is 0.0188. The number of carbonyl (C=O) groups excluding carboxylic acids is 1. The lowest BCUT2D eigenvalue weighted by molar-refractivity contribution is -0.136. The first-order valence-electron chi connectivity index (χ1n) is 8.16. The number of rotatable bonds is 9. The molecular weight excluding hydrogens is 310 g/mol. The van der Waals surface area contributed by atoms with Crippen molar-refractivity contribution in [2.75, 3.05) is 13.2 Å². The van der Waals surface area contributed by atoms with Crippen LogP contribution in [0.3, 0.4) is 0 Å². The van der Waals surface area contributed by atoms with Crippen LogP contribution in [-0.2, 0) is 16.0 Å². The number of hydrogen-bond acceptors (Lipinski definition) is 4. The molecule has 0 saturated carbocycles. The molecule has 0 unspecified atom stereocenters. The van der Waals surface area contributed by atoms with Crippen molar-refractivity contribution in [3.8, 4) is 5.75 Å². The Bertz CT molecular complexity index is 519. The molecule has 0 atom stereocenters. The third-order valence-corrected chi connectivity index (χ3v) is 3.04. The summed E-state index contributed by atoms with van der Waals surface area (Å²) in [6.45, 7) is 6.66. The number of hydrogen-bond donors (Lipinski definition) is 2. The molecule has 0 aliphatic heterocycles. The molecule has 1 aromatic carbocycles. The highest BCUT2D eigenvalue weighted by atomic mass is 16.6. The molecule has 0 aliphatic rings. The molecule has 1 amide bonds. The summed E-state index contributed by atoms with van der Waals surface area (Å²) in [5, 5.41) is 11.4. The monoisotopic (exact) mass is 337 g/mol. The van der Waals surface area contributed by atoms with Gasteiger partial charge < -0.3 is 19.9 Å². The van der Waals surface area contributed by atoms with Gasteiger partial charge in [-0.2, -0.15) is 0 Å². The molecule has 0 saturated heterocycles.